The monoisotopic (exact) mass is 470 g/mol. The minimum Gasteiger partial charge on any atom is -0.486 e. The number of carbonyl (C=O) groups is 1. The van der Waals surface area contributed by atoms with Crippen LogP contribution in [0.2, 0.25) is 0 Å². The van der Waals surface area contributed by atoms with Crippen molar-refractivity contribution in [3.05, 3.63) is 60.2 Å². The number of rotatable bonds is 5. The van der Waals surface area contributed by atoms with E-state index in [-0.39, 0.29) is 5.91 Å². The van der Waals surface area contributed by atoms with Gasteiger partial charge in [-0.05, 0) is 54.8 Å². The number of ether oxygens (including phenoxy) is 2. The summed E-state index contributed by atoms with van der Waals surface area (Å²) in [4.78, 5) is 13.5. The van der Waals surface area contributed by atoms with Crippen LogP contribution in [0.25, 0.3) is 10.4 Å². The van der Waals surface area contributed by atoms with Crippen molar-refractivity contribution in [2.24, 2.45) is 0 Å². The molecule has 0 radical (unpaired) electrons. The topological polar surface area (TPSA) is 84.9 Å². The van der Waals surface area contributed by atoms with Crippen LogP contribution >= 0.6 is 11.3 Å². The van der Waals surface area contributed by atoms with Gasteiger partial charge >= 0.3 is 0 Å². The van der Waals surface area contributed by atoms with Crippen molar-refractivity contribution in [1.29, 1.82) is 0 Å². The third kappa shape index (κ3) is 4.11. The Morgan fingerprint density at radius 2 is 1.62 bits per heavy atom. The first kappa shape index (κ1) is 21.0. The third-order valence-corrected chi connectivity index (χ3v) is 8.97. The second kappa shape index (κ2) is 8.57. The fourth-order valence-electron chi connectivity index (χ4n) is 3.78. The summed E-state index contributed by atoms with van der Waals surface area (Å²) in [7, 11) is -3.42. The van der Waals surface area contributed by atoms with E-state index in [4.69, 9.17) is 9.47 Å². The van der Waals surface area contributed by atoms with Gasteiger partial charge in [0.05, 0.1) is 0 Å². The van der Waals surface area contributed by atoms with Crippen LogP contribution in [-0.2, 0) is 10.0 Å². The van der Waals surface area contributed by atoms with Crippen molar-refractivity contribution >= 4 is 33.0 Å². The number of hydrogen-bond donors (Lipinski definition) is 1. The van der Waals surface area contributed by atoms with Crippen molar-refractivity contribution in [1.82, 2.24) is 4.31 Å². The molecule has 5 rings (SSSR count). The molecular weight excluding hydrogens is 448 g/mol. The largest absolute Gasteiger partial charge is 0.486 e. The number of amides is 1. The second-order valence-electron chi connectivity index (χ2n) is 7.62. The standard InChI is InChI=1S/C23H22N2O5S2/c26-23(24-18-7-8-19-20(15-18)30-14-13-29-19)17-5-3-16(4-6-17)21-9-10-22(31-21)32(27,28)25-11-1-2-12-25/h3-10,15H,1-2,11-14H2,(H,24,26). The maximum Gasteiger partial charge on any atom is 0.255 e. The van der Waals surface area contributed by atoms with Gasteiger partial charge in [0.25, 0.3) is 15.9 Å². The Kier molecular flexibility index (Phi) is 5.62. The zero-order valence-electron chi connectivity index (χ0n) is 17.2. The molecule has 1 amide bonds. The molecule has 1 saturated heterocycles. The average molecular weight is 471 g/mol. The molecule has 0 bridgehead atoms. The first-order valence-corrected chi connectivity index (χ1v) is 12.7. The summed E-state index contributed by atoms with van der Waals surface area (Å²) in [5.74, 6) is 1.04. The Bertz CT molecular complexity index is 1250. The van der Waals surface area contributed by atoms with Crippen molar-refractivity contribution in [3.8, 4) is 21.9 Å². The zero-order valence-corrected chi connectivity index (χ0v) is 18.9. The first-order valence-electron chi connectivity index (χ1n) is 10.4. The fraction of sp³-hybridized carbons (Fsp3) is 0.261. The van der Waals surface area contributed by atoms with Crippen LogP contribution in [0.15, 0.2) is 58.8 Å². The van der Waals surface area contributed by atoms with Gasteiger partial charge in [0, 0.05) is 35.3 Å². The molecule has 2 aliphatic rings. The molecule has 3 heterocycles. The molecule has 0 atom stereocenters. The molecule has 166 valence electrons. The van der Waals surface area contributed by atoms with Gasteiger partial charge < -0.3 is 14.8 Å². The number of anilines is 1. The molecule has 0 saturated carbocycles. The molecule has 0 spiro atoms. The van der Waals surface area contributed by atoms with Crippen LogP contribution in [0.5, 0.6) is 11.5 Å². The molecule has 32 heavy (non-hydrogen) atoms. The number of nitrogens with zero attached hydrogens (tertiary/aromatic N) is 1. The summed E-state index contributed by atoms with van der Waals surface area (Å²) in [6, 6.07) is 15.9. The van der Waals surface area contributed by atoms with Crippen molar-refractivity contribution in [2.75, 3.05) is 31.6 Å². The maximum atomic E-state index is 12.8. The molecule has 3 aromatic rings. The highest BCUT2D eigenvalue weighted by atomic mass is 32.2. The lowest BCUT2D eigenvalue weighted by molar-refractivity contribution is 0.102. The van der Waals surface area contributed by atoms with Gasteiger partial charge in [-0.3, -0.25) is 4.79 Å². The van der Waals surface area contributed by atoms with Crippen molar-refractivity contribution in [2.45, 2.75) is 17.1 Å². The predicted molar refractivity (Wildman–Crippen MR) is 123 cm³/mol. The highest BCUT2D eigenvalue weighted by molar-refractivity contribution is 7.91. The molecule has 1 N–H and O–H groups in total. The van der Waals surface area contributed by atoms with E-state index in [1.807, 2.05) is 18.2 Å². The summed E-state index contributed by atoms with van der Waals surface area (Å²) >= 11 is 1.25. The molecular formula is C23H22N2O5S2. The van der Waals surface area contributed by atoms with Gasteiger partial charge in [0.1, 0.15) is 17.4 Å². The van der Waals surface area contributed by atoms with Crippen molar-refractivity contribution < 1.29 is 22.7 Å². The summed E-state index contributed by atoms with van der Waals surface area (Å²) in [6.07, 6.45) is 1.82. The van der Waals surface area contributed by atoms with Gasteiger partial charge in [0.2, 0.25) is 0 Å². The Morgan fingerprint density at radius 1 is 0.906 bits per heavy atom. The Morgan fingerprint density at radius 3 is 2.38 bits per heavy atom. The summed E-state index contributed by atoms with van der Waals surface area (Å²) < 4.78 is 38.5. The lowest BCUT2D eigenvalue weighted by Crippen LogP contribution is -2.27. The highest BCUT2D eigenvalue weighted by Gasteiger charge is 2.28. The fourth-order valence-corrected chi connectivity index (χ4v) is 6.76. The number of nitrogens with one attached hydrogen (secondary N) is 1. The Labute approximate surface area is 190 Å². The summed E-state index contributed by atoms with van der Waals surface area (Å²) in [5.41, 5.74) is 2.00. The number of fused-ring (bicyclic) bond motifs is 1. The lowest BCUT2D eigenvalue weighted by Gasteiger charge is -2.19. The van der Waals surface area contributed by atoms with Crippen LogP contribution in [0.3, 0.4) is 0 Å². The Hall–Kier alpha value is -2.88. The molecule has 2 aromatic carbocycles. The summed E-state index contributed by atoms with van der Waals surface area (Å²) in [5, 5.41) is 2.87. The van der Waals surface area contributed by atoms with Crippen molar-refractivity contribution in [3.63, 3.8) is 0 Å². The van der Waals surface area contributed by atoms with E-state index >= 15 is 0 Å². The highest BCUT2D eigenvalue weighted by Crippen LogP contribution is 2.34. The average Bonchev–Trinajstić information content (AvgIpc) is 3.52. The van der Waals surface area contributed by atoms with Crippen LogP contribution in [-0.4, -0.2) is 44.9 Å². The molecule has 1 aromatic heterocycles. The Balaban J connectivity index is 1.29. The minimum atomic E-state index is -3.42. The van der Waals surface area contributed by atoms with E-state index in [0.29, 0.717) is 53.3 Å². The van der Waals surface area contributed by atoms with Gasteiger partial charge in [-0.1, -0.05) is 12.1 Å². The molecule has 2 aliphatic heterocycles. The molecule has 7 nitrogen and oxygen atoms in total. The molecule has 1 fully saturated rings. The van der Waals surface area contributed by atoms with Gasteiger partial charge in [-0.15, -0.1) is 11.3 Å². The molecule has 0 aliphatic carbocycles. The number of sulfonamides is 1. The lowest BCUT2D eigenvalue weighted by atomic mass is 10.1. The van der Waals surface area contributed by atoms with E-state index < -0.39 is 10.0 Å². The van der Waals surface area contributed by atoms with E-state index in [1.165, 1.54) is 11.3 Å². The quantitative estimate of drug-likeness (QED) is 0.603. The maximum absolute atomic E-state index is 12.8. The van der Waals surface area contributed by atoms with Crippen LogP contribution in [0.1, 0.15) is 23.2 Å². The third-order valence-electron chi connectivity index (χ3n) is 5.47. The minimum absolute atomic E-state index is 0.239. The number of hydrogen-bond acceptors (Lipinski definition) is 6. The van der Waals surface area contributed by atoms with E-state index in [9.17, 15) is 13.2 Å². The van der Waals surface area contributed by atoms with Gasteiger partial charge in [0.15, 0.2) is 11.5 Å². The predicted octanol–water partition coefficient (Wildman–Crippen LogP) is 4.22. The van der Waals surface area contributed by atoms with Gasteiger partial charge in [-0.2, -0.15) is 4.31 Å². The first-order chi connectivity index (χ1) is 15.5. The SMILES string of the molecule is O=C(Nc1ccc2c(c1)OCCO2)c1ccc(-c2ccc(S(=O)(=O)N3CCCC3)s2)cc1. The second-order valence-corrected chi connectivity index (χ2v) is 10.9. The van der Waals surface area contributed by atoms with Crippen LogP contribution in [0.4, 0.5) is 5.69 Å². The smallest absolute Gasteiger partial charge is 0.255 e. The van der Waals surface area contributed by atoms with E-state index in [1.54, 1.807) is 40.7 Å². The number of benzene rings is 2. The van der Waals surface area contributed by atoms with E-state index in [0.717, 1.165) is 23.3 Å². The van der Waals surface area contributed by atoms with E-state index in [2.05, 4.69) is 5.32 Å². The van der Waals surface area contributed by atoms with Crippen LogP contribution < -0.4 is 14.8 Å². The number of carbonyl (C=O) groups excluding carboxylic acids is 1. The number of thiophene rings is 1. The molecule has 0 unspecified atom stereocenters. The summed E-state index contributed by atoms with van der Waals surface area (Å²) in [6.45, 7) is 2.17. The zero-order chi connectivity index (χ0) is 22.1. The molecule has 9 heteroatoms. The van der Waals surface area contributed by atoms with Crippen LogP contribution in [0, 0.1) is 0 Å². The van der Waals surface area contributed by atoms with Gasteiger partial charge in [-0.25, -0.2) is 8.42 Å². The normalized spacial score (nSPS) is 16.1.